The molecule has 0 atom stereocenters. The van der Waals surface area contributed by atoms with Crippen molar-refractivity contribution in [2.75, 3.05) is 33.2 Å². The van der Waals surface area contributed by atoms with E-state index in [4.69, 9.17) is 10.2 Å². The molecule has 2 aromatic carbocycles. The first kappa shape index (κ1) is 16.5. The summed E-state index contributed by atoms with van der Waals surface area (Å²) in [6.07, 6.45) is 4.00. The number of benzene rings is 2. The van der Waals surface area contributed by atoms with Crippen molar-refractivity contribution in [2.45, 2.75) is 0 Å². The molecule has 0 N–H and O–H groups in total. The fourth-order valence-corrected chi connectivity index (χ4v) is 3.07. The Hall–Kier alpha value is -2.92. The van der Waals surface area contributed by atoms with Crippen molar-refractivity contribution < 1.29 is 0 Å². The highest BCUT2D eigenvalue weighted by molar-refractivity contribution is 5.88. The maximum atomic E-state index is 4.83. The van der Waals surface area contributed by atoms with Gasteiger partial charge in [-0.15, -0.1) is 0 Å². The Morgan fingerprint density at radius 3 is 2.23 bits per heavy atom. The van der Waals surface area contributed by atoms with Gasteiger partial charge in [-0.1, -0.05) is 48.5 Å². The lowest BCUT2D eigenvalue weighted by atomic mass is 10.1. The molecule has 1 aromatic heterocycles. The van der Waals surface area contributed by atoms with Crippen LogP contribution in [0.5, 0.6) is 0 Å². The molecule has 132 valence electrons. The molecule has 1 aliphatic rings. The van der Waals surface area contributed by atoms with E-state index in [1.165, 1.54) is 0 Å². The summed E-state index contributed by atoms with van der Waals surface area (Å²) in [7, 11) is 2.15. The molecule has 26 heavy (non-hydrogen) atoms. The molecule has 5 nitrogen and oxygen atoms in total. The number of para-hydroxylation sites is 1. The third kappa shape index (κ3) is 3.68. The van der Waals surface area contributed by atoms with E-state index in [0.717, 1.165) is 48.7 Å². The Morgan fingerprint density at radius 1 is 0.885 bits per heavy atom. The molecule has 1 aliphatic heterocycles. The monoisotopic (exact) mass is 345 g/mol. The zero-order valence-electron chi connectivity index (χ0n) is 15.0. The molecule has 5 heteroatoms. The van der Waals surface area contributed by atoms with Gasteiger partial charge in [0.1, 0.15) is 5.69 Å². The van der Waals surface area contributed by atoms with E-state index < -0.39 is 0 Å². The lowest BCUT2D eigenvalue weighted by Crippen LogP contribution is -2.41. The molecule has 0 bridgehead atoms. The van der Waals surface area contributed by atoms with E-state index in [9.17, 15) is 0 Å². The lowest BCUT2D eigenvalue weighted by molar-refractivity contribution is 0.159. The molecule has 3 aromatic rings. The van der Waals surface area contributed by atoms with Crippen molar-refractivity contribution in [3.8, 4) is 16.9 Å². The lowest BCUT2D eigenvalue weighted by Gasteiger charge is -2.30. The van der Waals surface area contributed by atoms with Crippen LogP contribution in [-0.4, -0.2) is 59.1 Å². The number of hydrazone groups is 1. The van der Waals surface area contributed by atoms with E-state index in [-0.39, 0.29) is 0 Å². The summed E-state index contributed by atoms with van der Waals surface area (Å²) >= 11 is 0. The molecule has 0 unspecified atom stereocenters. The minimum absolute atomic E-state index is 0.951. The van der Waals surface area contributed by atoms with Gasteiger partial charge in [0, 0.05) is 43.5 Å². The van der Waals surface area contributed by atoms with Crippen LogP contribution < -0.4 is 0 Å². The molecule has 0 spiro atoms. The minimum Gasteiger partial charge on any atom is -0.303 e. The SMILES string of the molecule is CN1CCN(/N=C/c2cn(-c3ccccc3)nc2-c2ccccc2)CC1. The van der Waals surface area contributed by atoms with Crippen molar-refractivity contribution in [1.29, 1.82) is 0 Å². The van der Waals surface area contributed by atoms with Gasteiger partial charge < -0.3 is 4.90 Å². The molecule has 0 amide bonds. The Bertz CT molecular complexity index is 862. The average Bonchev–Trinajstić information content (AvgIpc) is 3.13. The number of aromatic nitrogens is 2. The molecule has 1 fully saturated rings. The zero-order chi connectivity index (χ0) is 17.8. The van der Waals surface area contributed by atoms with E-state index in [0.29, 0.717) is 0 Å². The van der Waals surface area contributed by atoms with Crippen LogP contribution in [0.2, 0.25) is 0 Å². The molecular formula is C21H23N5. The first-order chi connectivity index (χ1) is 12.8. The van der Waals surface area contributed by atoms with Gasteiger partial charge >= 0.3 is 0 Å². The Labute approximate surface area is 154 Å². The van der Waals surface area contributed by atoms with Crippen LogP contribution in [0.1, 0.15) is 5.56 Å². The number of likely N-dealkylation sites (N-methyl/N-ethyl adjacent to an activating group) is 1. The Balaban J connectivity index is 1.67. The first-order valence-electron chi connectivity index (χ1n) is 8.97. The van der Waals surface area contributed by atoms with Crippen molar-refractivity contribution in [3.63, 3.8) is 0 Å². The Morgan fingerprint density at radius 2 is 1.54 bits per heavy atom. The smallest absolute Gasteiger partial charge is 0.102 e. The number of piperazine rings is 1. The van der Waals surface area contributed by atoms with Gasteiger partial charge in [-0.2, -0.15) is 10.2 Å². The fourth-order valence-electron chi connectivity index (χ4n) is 3.07. The summed E-state index contributed by atoms with van der Waals surface area (Å²) in [6.45, 7) is 4.01. The van der Waals surface area contributed by atoms with E-state index in [2.05, 4.69) is 47.4 Å². The first-order valence-corrected chi connectivity index (χ1v) is 8.97. The van der Waals surface area contributed by atoms with Crippen LogP contribution in [0.4, 0.5) is 0 Å². The molecular weight excluding hydrogens is 322 g/mol. The van der Waals surface area contributed by atoms with Crippen LogP contribution in [0, 0.1) is 0 Å². The summed E-state index contributed by atoms with van der Waals surface area (Å²) in [5, 5.41) is 11.7. The van der Waals surface area contributed by atoms with Gasteiger partial charge in [0.05, 0.1) is 11.9 Å². The maximum absolute atomic E-state index is 4.83. The van der Waals surface area contributed by atoms with Crippen LogP contribution in [-0.2, 0) is 0 Å². The van der Waals surface area contributed by atoms with Crippen molar-refractivity contribution in [3.05, 3.63) is 72.4 Å². The highest BCUT2D eigenvalue weighted by Gasteiger charge is 2.13. The van der Waals surface area contributed by atoms with Crippen molar-refractivity contribution >= 4 is 6.21 Å². The van der Waals surface area contributed by atoms with Gasteiger partial charge in [0.2, 0.25) is 0 Å². The second-order valence-corrected chi connectivity index (χ2v) is 6.58. The third-order valence-electron chi connectivity index (χ3n) is 4.65. The quantitative estimate of drug-likeness (QED) is 0.682. The second kappa shape index (κ2) is 7.54. The largest absolute Gasteiger partial charge is 0.303 e. The van der Waals surface area contributed by atoms with Gasteiger partial charge in [-0.05, 0) is 19.2 Å². The molecule has 0 saturated carbocycles. The van der Waals surface area contributed by atoms with Crippen LogP contribution >= 0.6 is 0 Å². The highest BCUT2D eigenvalue weighted by Crippen LogP contribution is 2.22. The van der Waals surface area contributed by atoms with Crippen LogP contribution in [0.3, 0.4) is 0 Å². The molecule has 4 rings (SSSR count). The predicted octanol–water partition coefficient (Wildman–Crippen LogP) is 3.12. The summed E-state index contributed by atoms with van der Waals surface area (Å²) in [5.41, 5.74) is 4.12. The van der Waals surface area contributed by atoms with Gasteiger partial charge in [0.15, 0.2) is 0 Å². The fraction of sp³-hybridized carbons (Fsp3) is 0.238. The Kier molecular flexibility index (Phi) is 4.80. The highest BCUT2D eigenvalue weighted by atomic mass is 15.5. The number of hydrogen-bond donors (Lipinski definition) is 0. The van der Waals surface area contributed by atoms with Gasteiger partial charge in [0.25, 0.3) is 0 Å². The normalized spacial score (nSPS) is 15.7. The topological polar surface area (TPSA) is 36.7 Å². The summed E-state index contributed by atoms with van der Waals surface area (Å²) in [4.78, 5) is 2.33. The maximum Gasteiger partial charge on any atom is 0.102 e. The summed E-state index contributed by atoms with van der Waals surface area (Å²) in [6, 6.07) is 20.5. The number of rotatable bonds is 4. The minimum atomic E-state index is 0.951. The van der Waals surface area contributed by atoms with Gasteiger partial charge in [-0.25, -0.2) is 4.68 Å². The van der Waals surface area contributed by atoms with Crippen LogP contribution in [0.15, 0.2) is 72.0 Å². The molecule has 2 heterocycles. The molecule has 0 radical (unpaired) electrons. The molecule has 0 aliphatic carbocycles. The second-order valence-electron chi connectivity index (χ2n) is 6.58. The molecule has 1 saturated heterocycles. The van der Waals surface area contributed by atoms with Crippen molar-refractivity contribution in [1.82, 2.24) is 19.7 Å². The van der Waals surface area contributed by atoms with Crippen LogP contribution in [0.25, 0.3) is 16.9 Å². The number of hydrogen-bond acceptors (Lipinski definition) is 4. The standard InChI is InChI=1S/C21H23N5/c1-24-12-14-25(15-13-24)22-16-19-17-26(20-10-6-3-7-11-20)23-21(19)18-8-4-2-5-9-18/h2-11,16-17H,12-15H2,1H3/b22-16+. The third-order valence-corrected chi connectivity index (χ3v) is 4.65. The summed E-state index contributed by atoms with van der Waals surface area (Å²) < 4.78 is 1.92. The van der Waals surface area contributed by atoms with Crippen molar-refractivity contribution in [2.24, 2.45) is 5.10 Å². The zero-order valence-corrected chi connectivity index (χ0v) is 15.0. The summed E-state index contributed by atoms with van der Waals surface area (Å²) in [5.74, 6) is 0. The number of nitrogens with zero attached hydrogens (tertiary/aromatic N) is 5. The van der Waals surface area contributed by atoms with Gasteiger partial charge in [-0.3, -0.25) is 5.01 Å². The average molecular weight is 345 g/mol. The van der Waals surface area contributed by atoms with E-state index in [1.807, 2.05) is 47.3 Å². The predicted molar refractivity (Wildman–Crippen MR) is 106 cm³/mol. The van der Waals surface area contributed by atoms with E-state index >= 15 is 0 Å². The van der Waals surface area contributed by atoms with E-state index in [1.54, 1.807) is 0 Å².